The average molecular weight is 339 g/mol. The van der Waals surface area contributed by atoms with Gasteiger partial charge in [0.05, 0.1) is 11.3 Å². The largest absolute Gasteiger partial charge is 0.320 e. The van der Waals surface area contributed by atoms with Crippen molar-refractivity contribution in [3.05, 3.63) is 52.8 Å². The van der Waals surface area contributed by atoms with E-state index >= 15 is 0 Å². The molecule has 5 heteroatoms. The van der Waals surface area contributed by atoms with Crippen LogP contribution in [0.5, 0.6) is 0 Å². The van der Waals surface area contributed by atoms with E-state index < -0.39 is 0 Å². The van der Waals surface area contributed by atoms with Gasteiger partial charge in [0.2, 0.25) is 0 Å². The average Bonchev–Trinajstić information content (AvgIpc) is 2.57. The predicted molar refractivity (Wildman–Crippen MR) is 98.4 cm³/mol. The van der Waals surface area contributed by atoms with Gasteiger partial charge in [-0.15, -0.1) is 11.8 Å². The number of nitriles is 1. The Labute approximate surface area is 147 Å². The summed E-state index contributed by atoms with van der Waals surface area (Å²) in [7, 11) is 0. The van der Waals surface area contributed by atoms with Gasteiger partial charge >= 0.3 is 0 Å². The number of hydrogen-bond donors (Lipinski definition) is 1. The third kappa shape index (κ3) is 4.36. The molecule has 0 fully saturated rings. The molecule has 1 unspecified atom stereocenters. The molecule has 1 N–H and O–H groups in total. The van der Waals surface area contributed by atoms with Crippen LogP contribution in [0.2, 0.25) is 0 Å². The first-order chi connectivity index (χ1) is 11.4. The van der Waals surface area contributed by atoms with Gasteiger partial charge < -0.3 is 5.32 Å². The molecule has 0 aliphatic carbocycles. The third-order valence-corrected chi connectivity index (χ3v) is 5.06. The van der Waals surface area contributed by atoms with E-state index in [4.69, 9.17) is 5.26 Å². The molecule has 0 saturated heterocycles. The molecular formula is C19H21N3OS. The second-order valence-electron chi connectivity index (χ2n) is 5.71. The van der Waals surface area contributed by atoms with E-state index in [0.29, 0.717) is 22.2 Å². The number of benzene rings is 1. The third-order valence-electron chi connectivity index (χ3n) is 3.80. The van der Waals surface area contributed by atoms with Gasteiger partial charge in [-0.25, -0.2) is 4.98 Å². The van der Waals surface area contributed by atoms with Crippen LogP contribution < -0.4 is 5.32 Å². The first-order valence-electron chi connectivity index (χ1n) is 7.91. The molecule has 4 nitrogen and oxygen atoms in total. The number of thioether (sulfide) groups is 1. The molecule has 0 saturated carbocycles. The van der Waals surface area contributed by atoms with Crippen LogP contribution in [-0.4, -0.2) is 16.1 Å². The first kappa shape index (κ1) is 18.0. The Kier molecular flexibility index (Phi) is 5.99. The molecule has 0 aliphatic rings. The number of carbonyl (C=O) groups excluding carboxylic acids is 1. The van der Waals surface area contributed by atoms with E-state index in [0.717, 1.165) is 17.7 Å². The number of hydrogen-bond acceptors (Lipinski definition) is 4. The van der Waals surface area contributed by atoms with Gasteiger partial charge in [-0.05, 0) is 56.2 Å². The van der Waals surface area contributed by atoms with Crippen LogP contribution in [0.1, 0.15) is 47.6 Å². The molecule has 2 rings (SSSR count). The lowest BCUT2D eigenvalue weighted by Crippen LogP contribution is -2.15. The van der Waals surface area contributed by atoms with Crippen LogP contribution in [0.4, 0.5) is 5.69 Å². The summed E-state index contributed by atoms with van der Waals surface area (Å²) in [4.78, 5) is 17.8. The second kappa shape index (κ2) is 7.98. The highest BCUT2D eigenvalue weighted by Gasteiger charge is 2.12. The lowest BCUT2D eigenvalue weighted by atomic mass is 10.2. The summed E-state index contributed by atoms with van der Waals surface area (Å²) in [6, 6.07) is 11.3. The molecule has 0 radical (unpaired) electrons. The summed E-state index contributed by atoms with van der Waals surface area (Å²) in [6.45, 7) is 8.08. The highest BCUT2D eigenvalue weighted by molar-refractivity contribution is 7.99. The fourth-order valence-corrected chi connectivity index (χ4v) is 3.18. The van der Waals surface area contributed by atoms with Crippen LogP contribution in [0.3, 0.4) is 0 Å². The SMILES string of the molecule is CCC(C)Sc1ccc(NC(=O)c2ccc(C#N)c(C)n2)c(C)c1. The lowest BCUT2D eigenvalue weighted by molar-refractivity contribution is 0.102. The molecule has 0 bridgehead atoms. The number of rotatable bonds is 5. The molecule has 24 heavy (non-hydrogen) atoms. The molecule has 0 spiro atoms. The minimum absolute atomic E-state index is 0.270. The predicted octanol–water partition coefficient (Wildman–Crippen LogP) is 4.71. The Morgan fingerprint density at radius 1 is 1.33 bits per heavy atom. The minimum atomic E-state index is -0.270. The van der Waals surface area contributed by atoms with Crippen LogP contribution in [-0.2, 0) is 0 Å². The van der Waals surface area contributed by atoms with Crippen LogP contribution in [0.25, 0.3) is 0 Å². The zero-order chi connectivity index (χ0) is 17.7. The quantitative estimate of drug-likeness (QED) is 0.801. The number of anilines is 1. The maximum atomic E-state index is 12.4. The monoisotopic (exact) mass is 339 g/mol. The van der Waals surface area contributed by atoms with Gasteiger partial charge in [0.1, 0.15) is 11.8 Å². The molecule has 0 aliphatic heterocycles. The lowest BCUT2D eigenvalue weighted by Gasteiger charge is -2.12. The van der Waals surface area contributed by atoms with Crippen LogP contribution in [0.15, 0.2) is 35.2 Å². The molecule has 1 amide bonds. The van der Waals surface area contributed by atoms with Crippen molar-refractivity contribution >= 4 is 23.4 Å². The van der Waals surface area contributed by atoms with Crippen LogP contribution >= 0.6 is 11.8 Å². The van der Waals surface area contributed by atoms with Gasteiger partial charge in [-0.3, -0.25) is 4.79 Å². The van der Waals surface area contributed by atoms with Crippen molar-refractivity contribution in [1.82, 2.24) is 4.98 Å². The Morgan fingerprint density at radius 3 is 2.67 bits per heavy atom. The second-order valence-corrected chi connectivity index (χ2v) is 7.22. The van der Waals surface area contributed by atoms with Crippen molar-refractivity contribution < 1.29 is 4.79 Å². The van der Waals surface area contributed by atoms with E-state index in [2.05, 4.69) is 36.3 Å². The minimum Gasteiger partial charge on any atom is -0.320 e. The highest BCUT2D eigenvalue weighted by atomic mass is 32.2. The van der Waals surface area contributed by atoms with Gasteiger partial charge in [0.15, 0.2) is 0 Å². The van der Waals surface area contributed by atoms with E-state index in [1.54, 1.807) is 19.1 Å². The maximum Gasteiger partial charge on any atom is 0.274 e. The Morgan fingerprint density at radius 2 is 2.08 bits per heavy atom. The van der Waals surface area contributed by atoms with Crippen molar-refractivity contribution in [2.24, 2.45) is 0 Å². The van der Waals surface area contributed by atoms with Crippen molar-refractivity contribution in [2.45, 2.75) is 44.3 Å². The van der Waals surface area contributed by atoms with E-state index in [1.165, 1.54) is 4.90 Å². The van der Waals surface area contributed by atoms with Gasteiger partial charge in [0, 0.05) is 15.8 Å². The standard InChI is InChI=1S/C19H21N3OS/c1-5-13(3)24-16-7-9-17(12(2)10-16)22-19(23)18-8-6-15(11-20)14(4)21-18/h6-10,13H,5H2,1-4H3,(H,22,23). The molecule has 1 heterocycles. The fourth-order valence-electron chi connectivity index (χ4n) is 2.16. The Balaban J connectivity index is 2.14. The number of aryl methyl sites for hydroxylation is 2. The summed E-state index contributed by atoms with van der Waals surface area (Å²) in [6.07, 6.45) is 1.12. The normalized spacial score (nSPS) is 11.6. The van der Waals surface area contributed by atoms with Crippen molar-refractivity contribution in [3.8, 4) is 6.07 Å². The highest BCUT2D eigenvalue weighted by Crippen LogP contribution is 2.28. The van der Waals surface area contributed by atoms with Crippen LogP contribution in [0, 0.1) is 25.2 Å². The van der Waals surface area contributed by atoms with Crippen molar-refractivity contribution in [2.75, 3.05) is 5.32 Å². The fraction of sp³-hybridized carbons (Fsp3) is 0.316. The molecule has 2 aromatic rings. The summed E-state index contributed by atoms with van der Waals surface area (Å²) in [5.41, 5.74) is 3.14. The molecular weight excluding hydrogens is 318 g/mol. The zero-order valence-electron chi connectivity index (χ0n) is 14.4. The molecule has 1 aromatic carbocycles. The van der Waals surface area contributed by atoms with Gasteiger partial charge in [0.25, 0.3) is 5.91 Å². The molecule has 1 atom stereocenters. The van der Waals surface area contributed by atoms with E-state index in [9.17, 15) is 4.79 Å². The number of nitrogens with one attached hydrogen (secondary N) is 1. The van der Waals surface area contributed by atoms with Gasteiger partial charge in [-0.1, -0.05) is 13.8 Å². The topological polar surface area (TPSA) is 65.8 Å². The summed E-state index contributed by atoms with van der Waals surface area (Å²) < 4.78 is 0. The number of carbonyl (C=O) groups is 1. The van der Waals surface area contributed by atoms with E-state index in [1.807, 2.05) is 30.8 Å². The number of pyridine rings is 1. The van der Waals surface area contributed by atoms with E-state index in [-0.39, 0.29) is 5.91 Å². The van der Waals surface area contributed by atoms with Crippen molar-refractivity contribution in [3.63, 3.8) is 0 Å². The summed E-state index contributed by atoms with van der Waals surface area (Å²) >= 11 is 1.83. The zero-order valence-corrected chi connectivity index (χ0v) is 15.2. The number of amides is 1. The maximum absolute atomic E-state index is 12.4. The van der Waals surface area contributed by atoms with Crippen molar-refractivity contribution in [1.29, 1.82) is 5.26 Å². The Bertz CT molecular complexity index is 796. The molecule has 1 aromatic heterocycles. The Hall–Kier alpha value is -2.32. The van der Waals surface area contributed by atoms with Gasteiger partial charge in [-0.2, -0.15) is 5.26 Å². The summed E-state index contributed by atoms with van der Waals surface area (Å²) in [5, 5.41) is 12.4. The molecule has 124 valence electrons. The number of aromatic nitrogens is 1. The summed E-state index contributed by atoms with van der Waals surface area (Å²) in [5.74, 6) is -0.270. The number of nitrogens with zero attached hydrogens (tertiary/aromatic N) is 2. The smallest absolute Gasteiger partial charge is 0.274 e. The first-order valence-corrected chi connectivity index (χ1v) is 8.79.